The summed E-state index contributed by atoms with van der Waals surface area (Å²) in [6, 6.07) is 6.59. The topological polar surface area (TPSA) is 66.0 Å². The molecule has 168 valence electrons. The van der Waals surface area contributed by atoms with Gasteiger partial charge in [0.2, 0.25) is 5.91 Å². The molecule has 1 aromatic rings. The number of aliphatic imine (C=N–C) groups is 1. The Morgan fingerprint density at radius 1 is 1.30 bits per heavy atom. The van der Waals surface area contributed by atoms with Crippen molar-refractivity contribution in [1.29, 1.82) is 0 Å². The molecule has 1 saturated carbocycles. The molecule has 0 bridgehead atoms. The van der Waals surface area contributed by atoms with Crippen LogP contribution < -0.4 is 15.4 Å². The van der Waals surface area contributed by atoms with Gasteiger partial charge in [-0.05, 0) is 45.2 Å². The van der Waals surface area contributed by atoms with Gasteiger partial charge in [-0.3, -0.25) is 4.79 Å². The molecule has 0 aromatic heterocycles. The van der Waals surface area contributed by atoms with Gasteiger partial charge in [-0.15, -0.1) is 24.0 Å². The molecule has 8 heteroatoms. The fourth-order valence-electron chi connectivity index (χ4n) is 4.04. The van der Waals surface area contributed by atoms with Crippen LogP contribution in [0, 0.1) is 11.7 Å². The van der Waals surface area contributed by atoms with Gasteiger partial charge in [-0.25, -0.2) is 9.38 Å². The average Bonchev–Trinajstić information content (AvgIpc) is 3.40. The summed E-state index contributed by atoms with van der Waals surface area (Å²) in [5.41, 5.74) is 0. The van der Waals surface area contributed by atoms with Crippen molar-refractivity contribution in [3.63, 3.8) is 0 Å². The molecular formula is C22H34FIN4O2. The maximum Gasteiger partial charge on any atom is 0.225 e. The van der Waals surface area contributed by atoms with Gasteiger partial charge in [-0.2, -0.15) is 0 Å². The van der Waals surface area contributed by atoms with Crippen LogP contribution in [0.5, 0.6) is 5.75 Å². The van der Waals surface area contributed by atoms with E-state index in [-0.39, 0.29) is 53.6 Å². The summed E-state index contributed by atoms with van der Waals surface area (Å²) in [6.07, 6.45) is 5.09. The summed E-state index contributed by atoms with van der Waals surface area (Å²) in [6.45, 7) is 6.56. The molecule has 2 N–H and O–H groups in total. The van der Waals surface area contributed by atoms with Gasteiger partial charge in [0.05, 0.1) is 6.54 Å². The Labute approximate surface area is 196 Å². The number of guanidine groups is 1. The van der Waals surface area contributed by atoms with Crippen LogP contribution >= 0.6 is 24.0 Å². The second-order valence-corrected chi connectivity index (χ2v) is 7.97. The van der Waals surface area contributed by atoms with Crippen LogP contribution in [0.1, 0.15) is 46.0 Å². The van der Waals surface area contributed by atoms with Crippen molar-refractivity contribution in [2.24, 2.45) is 10.9 Å². The lowest BCUT2D eigenvalue weighted by atomic mass is 10.1. The molecule has 1 saturated heterocycles. The van der Waals surface area contributed by atoms with Crippen molar-refractivity contribution in [1.82, 2.24) is 15.5 Å². The lowest BCUT2D eigenvalue weighted by Gasteiger charge is -2.22. The molecule has 1 aromatic carbocycles. The zero-order chi connectivity index (χ0) is 20.6. The van der Waals surface area contributed by atoms with Gasteiger partial charge in [0.1, 0.15) is 6.10 Å². The van der Waals surface area contributed by atoms with Gasteiger partial charge in [0, 0.05) is 31.6 Å². The number of ether oxygens (including phenoxy) is 1. The highest BCUT2D eigenvalue weighted by molar-refractivity contribution is 14.0. The highest BCUT2D eigenvalue weighted by atomic mass is 127. The van der Waals surface area contributed by atoms with Crippen LogP contribution in [-0.2, 0) is 4.79 Å². The maximum absolute atomic E-state index is 13.7. The summed E-state index contributed by atoms with van der Waals surface area (Å²) < 4.78 is 19.4. The Morgan fingerprint density at radius 3 is 2.73 bits per heavy atom. The van der Waals surface area contributed by atoms with Gasteiger partial charge in [-0.1, -0.05) is 25.0 Å². The van der Waals surface area contributed by atoms with E-state index in [9.17, 15) is 9.18 Å². The van der Waals surface area contributed by atoms with Gasteiger partial charge >= 0.3 is 0 Å². The van der Waals surface area contributed by atoms with Crippen LogP contribution in [0.2, 0.25) is 0 Å². The number of halogens is 2. The number of nitrogens with zero attached hydrogens (tertiary/aromatic N) is 2. The molecule has 2 unspecified atom stereocenters. The van der Waals surface area contributed by atoms with Crippen molar-refractivity contribution >= 4 is 35.8 Å². The molecule has 1 heterocycles. The number of hydrogen-bond acceptors (Lipinski definition) is 3. The number of carbonyl (C=O) groups is 1. The largest absolute Gasteiger partial charge is 0.486 e. The minimum absolute atomic E-state index is 0. The smallest absolute Gasteiger partial charge is 0.225 e. The highest BCUT2D eigenvalue weighted by Gasteiger charge is 2.32. The first-order valence-electron chi connectivity index (χ1n) is 10.8. The quantitative estimate of drug-likeness (QED) is 0.320. The van der Waals surface area contributed by atoms with E-state index >= 15 is 0 Å². The Morgan fingerprint density at radius 2 is 2.03 bits per heavy atom. The van der Waals surface area contributed by atoms with E-state index in [0.717, 1.165) is 38.9 Å². The van der Waals surface area contributed by atoms with E-state index in [1.807, 2.05) is 18.7 Å². The van der Waals surface area contributed by atoms with Crippen LogP contribution in [0.25, 0.3) is 0 Å². The second kappa shape index (κ2) is 12.3. The minimum Gasteiger partial charge on any atom is -0.486 e. The number of likely N-dealkylation sites (tertiary alicyclic amines) is 1. The maximum atomic E-state index is 13.7. The van der Waals surface area contributed by atoms with Crippen LogP contribution in [0.4, 0.5) is 4.39 Å². The molecule has 2 aliphatic rings. The predicted octanol–water partition coefficient (Wildman–Crippen LogP) is 3.56. The third-order valence-electron chi connectivity index (χ3n) is 5.56. The minimum atomic E-state index is -0.369. The summed E-state index contributed by atoms with van der Waals surface area (Å²) in [5, 5.41) is 6.68. The molecule has 2 fully saturated rings. The van der Waals surface area contributed by atoms with Crippen LogP contribution in [-0.4, -0.2) is 55.1 Å². The lowest BCUT2D eigenvalue weighted by molar-refractivity contribution is -0.134. The molecule has 6 nitrogen and oxygen atoms in total. The normalized spacial score (nSPS) is 20.6. The molecule has 2 atom stereocenters. The average molecular weight is 532 g/mol. The number of benzene rings is 1. The molecule has 1 aliphatic heterocycles. The van der Waals surface area contributed by atoms with Crippen molar-refractivity contribution in [2.75, 3.05) is 26.2 Å². The van der Waals surface area contributed by atoms with Crippen molar-refractivity contribution in [2.45, 2.75) is 58.1 Å². The molecule has 30 heavy (non-hydrogen) atoms. The standard InChI is InChI=1S/C22H33FN4O2.HI/c1-3-24-22(25-14-16(2)29-20-11-7-6-10-19(20)23)26-18-12-13-27(15-18)21(28)17-8-4-5-9-17;/h6-7,10-11,16-18H,3-5,8-9,12-15H2,1-2H3,(H2,24,25,26);1H. The molecule has 1 aliphatic carbocycles. The Bertz CT molecular complexity index is 712. The van der Waals surface area contributed by atoms with Crippen LogP contribution in [0.15, 0.2) is 29.3 Å². The summed E-state index contributed by atoms with van der Waals surface area (Å²) in [5.74, 6) is 1.13. The van der Waals surface area contributed by atoms with E-state index in [1.54, 1.807) is 18.2 Å². The number of nitrogens with one attached hydrogen (secondary N) is 2. The SMILES string of the molecule is CCNC(=NCC(C)Oc1ccccc1F)NC1CCN(C(=O)C2CCCC2)C1.I. The third kappa shape index (κ3) is 6.99. The Hall–Kier alpha value is -1.58. The molecule has 3 rings (SSSR count). The van der Waals surface area contributed by atoms with Crippen molar-refractivity contribution in [3.8, 4) is 5.75 Å². The van der Waals surface area contributed by atoms with Gasteiger partial charge in [0.15, 0.2) is 17.5 Å². The number of carbonyl (C=O) groups excluding carboxylic acids is 1. The van der Waals surface area contributed by atoms with Gasteiger partial charge in [0.25, 0.3) is 0 Å². The summed E-state index contributed by atoms with van der Waals surface area (Å²) >= 11 is 0. The molecule has 0 radical (unpaired) electrons. The van der Waals surface area contributed by atoms with E-state index < -0.39 is 0 Å². The zero-order valence-electron chi connectivity index (χ0n) is 17.9. The van der Waals surface area contributed by atoms with E-state index in [4.69, 9.17) is 4.74 Å². The molecule has 0 spiro atoms. The first-order valence-corrected chi connectivity index (χ1v) is 10.8. The Kier molecular flexibility index (Phi) is 10.1. The van der Waals surface area contributed by atoms with Crippen molar-refractivity contribution < 1.29 is 13.9 Å². The number of amides is 1. The first-order chi connectivity index (χ1) is 14.1. The fraction of sp³-hybridized carbons (Fsp3) is 0.636. The number of hydrogen-bond donors (Lipinski definition) is 2. The Balaban J connectivity index is 0.00000320. The predicted molar refractivity (Wildman–Crippen MR) is 128 cm³/mol. The first kappa shape index (κ1) is 24.7. The highest BCUT2D eigenvalue weighted by Crippen LogP contribution is 2.27. The fourth-order valence-corrected chi connectivity index (χ4v) is 4.04. The van der Waals surface area contributed by atoms with E-state index in [1.165, 1.54) is 18.9 Å². The number of rotatable bonds is 7. The van der Waals surface area contributed by atoms with Gasteiger partial charge < -0.3 is 20.3 Å². The summed E-state index contributed by atoms with van der Waals surface area (Å²) in [4.78, 5) is 19.2. The van der Waals surface area contributed by atoms with Crippen LogP contribution in [0.3, 0.4) is 0 Å². The van der Waals surface area contributed by atoms with E-state index in [2.05, 4.69) is 15.6 Å². The zero-order valence-corrected chi connectivity index (χ0v) is 20.2. The summed E-state index contributed by atoms with van der Waals surface area (Å²) in [7, 11) is 0. The molecule has 1 amide bonds. The number of para-hydroxylation sites is 1. The van der Waals surface area contributed by atoms with E-state index in [0.29, 0.717) is 18.4 Å². The monoisotopic (exact) mass is 532 g/mol. The third-order valence-corrected chi connectivity index (χ3v) is 5.56. The lowest BCUT2D eigenvalue weighted by Crippen LogP contribution is -2.45. The second-order valence-electron chi connectivity index (χ2n) is 7.97. The van der Waals surface area contributed by atoms with Crippen molar-refractivity contribution in [3.05, 3.63) is 30.1 Å². The molecular weight excluding hydrogens is 498 g/mol.